The number of thioether (sulfide) groups is 1. The summed E-state index contributed by atoms with van der Waals surface area (Å²) in [7, 11) is 0. The van der Waals surface area contributed by atoms with Gasteiger partial charge in [0.15, 0.2) is 0 Å². The van der Waals surface area contributed by atoms with E-state index in [1.807, 2.05) is 21.9 Å². The summed E-state index contributed by atoms with van der Waals surface area (Å²) in [5, 5.41) is 0. The minimum atomic E-state index is 0.186. The van der Waals surface area contributed by atoms with Gasteiger partial charge in [0.05, 0.1) is 5.75 Å². The maximum atomic E-state index is 12.3. The van der Waals surface area contributed by atoms with Crippen molar-refractivity contribution in [2.24, 2.45) is 5.92 Å². The topological polar surface area (TPSA) is 40.6 Å². The van der Waals surface area contributed by atoms with Crippen LogP contribution in [0.5, 0.6) is 0 Å². The Balaban J connectivity index is 1.37. The molecular weight excluding hydrogens is 376 g/mol. The number of halogens is 1. The van der Waals surface area contributed by atoms with Crippen molar-refractivity contribution < 1.29 is 9.59 Å². The van der Waals surface area contributed by atoms with Gasteiger partial charge in [-0.05, 0) is 30.5 Å². The third-order valence-electron chi connectivity index (χ3n) is 4.28. The molecule has 1 aliphatic carbocycles. The summed E-state index contributed by atoms with van der Waals surface area (Å²) in [4.78, 5) is 28.1. The predicted molar refractivity (Wildman–Crippen MR) is 96.2 cm³/mol. The minimum Gasteiger partial charge on any atom is -0.339 e. The maximum absolute atomic E-state index is 12.3. The first-order valence-corrected chi connectivity index (χ1v) is 9.97. The number of hydrogen-bond donors (Lipinski definition) is 0. The second kappa shape index (κ2) is 7.71. The third-order valence-corrected chi connectivity index (χ3v) is 5.80. The Morgan fingerprint density at radius 3 is 2.26 bits per heavy atom. The number of piperazine rings is 1. The van der Waals surface area contributed by atoms with Crippen molar-refractivity contribution in [3.8, 4) is 0 Å². The number of carbonyl (C=O) groups excluding carboxylic acids is 2. The van der Waals surface area contributed by atoms with Crippen LogP contribution in [0.4, 0.5) is 0 Å². The Labute approximate surface area is 149 Å². The number of carbonyl (C=O) groups is 2. The molecule has 0 aromatic heterocycles. The summed E-state index contributed by atoms with van der Waals surface area (Å²) in [6, 6.07) is 8.19. The largest absolute Gasteiger partial charge is 0.339 e. The highest BCUT2D eigenvalue weighted by Crippen LogP contribution is 2.31. The Morgan fingerprint density at radius 1 is 1.04 bits per heavy atom. The van der Waals surface area contributed by atoms with E-state index in [9.17, 15) is 9.59 Å². The number of benzene rings is 1. The van der Waals surface area contributed by atoms with Crippen molar-refractivity contribution in [1.82, 2.24) is 9.80 Å². The van der Waals surface area contributed by atoms with Crippen molar-refractivity contribution >= 4 is 39.5 Å². The monoisotopic (exact) mass is 396 g/mol. The van der Waals surface area contributed by atoms with Gasteiger partial charge in [-0.15, -0.1) is 11.8 Å². The summed E-state index contributed by atoms with van der Waals surface area (Å²) >= 11 is 5.07. The zero-order chi connectivity index (χ0) is 16.2. The van der Waals surface area contributed by atoms with Crippen molar-refractivity contribution in [2.45, 2.75) is 18.6 Å². The molecule has 3 rings (SSSR count). The van der Waals surface area contributed by atoms with E-state index in [2.05, 4.69) is 28.1 Å². The average molecular weight is 397 g/mol. The minimum absolute atomic E-state index is 0.186. The molecule has 1 aliphatic heterocycles. The lowest BCUT2D eigenvalue weighted by molar-refractivity contribution is -0.139. The smallest absolute Gasteiger partial charge is 0.232 e. The van der Waals surface area contributed by atoms with Gasteiger partial charge >= 0.3 is 0 Å². The highest BCUT2D eigenvalue weighted by atomic mass is 79.9. The number of nitrogens with zero attached hydrogens (tertiary/aromatic N) is 2. The molecule has 0 N–H and O–H groups in total. The van der Waals surface area contributed by atoms with Gasteiger partial charge in [-0.3, -0.25) is 9.59 Å². The van der Waals surface area contributed by atoms with Gasteiger partial charge in [0.25, 0.3) is 0 Å². The van der Waals surface area contributed by atoms with Crippen LogP contribution in [-0.4, -0.2) is 53.5 Å². The van der Waals surface area contributed by atoms with Gasteiger partial charge in [-0.1, -0.05) is 28.1 Å². The van der Waals surface area contributed by atoms with Crippen LogP contribution in [0.25, 0.3) is 0 Å². The zero-order valence-electron chi connectivity index (χ0n) is 13.0. The van der Waals surface area contributed by atoms with Crippen molar-refractivity contribution in [2.75, 3.05) is 31.9 Å². The molecule has 1 saturated heterocycles. The third kappa shape index (κ3) is 4.73. The van der Waals surface area contributed by atoms with E-state index in [0.717, 1.165) is 23.1 Å². The molecule has 4 nitrogen and oxygen atoms in total. The maximum Gasteiger partial charge on any atom is 0.232 e. The molecule has 0 atom stereocenters. The molecule has 2 amide bonds. The van der Waals surface area contributed by atoms with Crippen molar-refractivity contribution in [3.05, 3.63) is 34.3 Å². The molecule has 2 aliphatic rings. The molecule has 1 aromatic carbocycles. The highest BCUT2D eigenvalue weighted by molar-refractivity contribution is 9.10. The van der Waals surface area contributed by atoms with Gasteiger partial charge in [0.1, 0.15) is 0 Å². The molecule has 1 aromatic rings. The van der Waals surface area contributed by atoms with Crippen LogP contribution in [0.1, 0.15) is 18.4 Å². The average Bonchev–Trinajstić information content (AvgIpc) is 3.41. The predicted octanol–water partition coefficient (Wildman–Crippen LogP) is 2.76. The second-order valence-corrected chi connectivity index (χ2v) is 8.00. The number of amides is 2. The molecule has 0 radical (unpaired) electrons. The Hall–Kier alpha value is -1.01. The lowest BCUT2D eigenvalue weighted by Gasteiger charge is -2.35. The van der Waals surface area contributed by atoms with Crippen LogP contribution in [0.15, 0.2) is 28.7 Å². The molecule has 2 fully saturated rings. The fourth-order valence-electron chi connectivity index (χ4n) is 2.69. The molecule has 0 bridgehead atoms. The van der Waals surface area contributed by atoms with Crippen LogP contribution in [0.3, 0.4) is 0 Å². The van der Waals surface area contributed by atoms with Gasteiger partial charge in [-0.25, -0.2) is 0 Å². The fraction of sp³-hybridized carbons (Fsp3) is 0.529. The standard InChI is InChI=1S/C17H21BrN2O2S/c18-15-5-1-13(2-6-15)11-23-12-16(21)19-7-9-20(10-8-19)17(22)14-3-4-14/h1-2,5-6,14H,3-4,7-12H2. The Bertz CT molecular complexity index is 566. The molecule has 124 valence electrons. The number of hydrogen-bond acceptors (Lipinski definition) is 3. The van der Waals surface area contributed by atoms with E-state index in [-0.39, 0.29) is 11.8 Å². The molecule has 0 unspecified atom stereocenters. The van der Waals surface area contributed by atoms with E-state index in [4.69, 9.17) is 0 Å². The molecule has 6 heteroatoms. The quantitative estimate of drug-likeness (QED) is 0.767. The van der Waals surface area contributed by atoms with Crippen LogP contribution >= 0.6 is 27.7 Å². The van der Waals surface area contributed by atoms with E-state index >= 15 is 0 Å². The number of rotatable bonds is 5. The SMILES string of the molecule is O=C(CSCc1ccc(Br)cc1)N1CCN(C(=O)C2CC2)CC1. The van der Waals surface area contributed by atoms with Gasteiger partial charge in [0, 0.05) is 42.3 Å². The van der Waals surface area contributed by atoms with Crippen LogP contribution in [-0.2, 0) is 15.3 Å². The summed E-state index contributed by atoms with van der Waals surface area (Å²) in [5.74, 6) is 2.11. The first-order chi connectivity index (χ1) is 11.1. The summed E-state index contributed by atoms with van der Waals surface area (Å²) in [6.07, 6.45) is 2.09. The van der Waals surface area contributed by atoms with Crippen LogP contribution < -0.4 is 0 Å². The van der Waals surface area contributed by atoms with Gasteiger partial charge in [0.2, 0.25) is 11.8 Å². The van der Waals surface area contributed by atoms with E-state index in [0.29, 0.717) is 37.8 Å². The lowest BCUT2D eigenvalue weighted by atomic mass is 10.2. The van der Waals surface area contributed by atoms with E-state index in [1.165, 1.54) is 5.56 Å². The van der Waals surface area contributed by atoms with Crippen LogP contribution in [0.2, 0.25) is 0 Å². The normalized spacial score (nSPS) is 18.1. The Kier molecular flexibility index (Phi) is 5.64. The van der Waals surface area contributed by atoms with Gasteiger partial charge < -0.3 is 9.80 Å². The second-order valence-electron chi connectivity index (χ2n) is 6.10. The van der Waals surface area contributed by atoms with E-state index < -0.39 is 0 Å². The summed E-state index contributed by atoms with van der Waals surface area (Å²) in [5.41, 5.74) is 1.23. The van der Waals surface area contributed by atoms with Crippen molar-refractivity contribution in [3.63, 3.8) is 0 Å². The van der Waals surface area contributed by atoms with E-state index in [1.54, 1.807) is 11.8 Å². The van der Waals surface area contributed by atoms with Gasteiger partial charge in [-0.2, -0.15) is 0 Å². The molecule has 0 spiro atoms. The first-order valence-electron chi connectivity index (χ1n) is 8.02. The van der Waals surface area contributed by atoms with Crippen LogP contribution in [0, 0.1) is 5.92 Å². The summed E-state index contributed by atoms with van der Waals surface area (Å²) < 4.78 is 1.07. The fourth-order valence-corrected chi connectivity index (χ4v) is 3.84. The molecule has 1 heterocycles. The van der Waals surface area contributed by atoms with Crippen molar-refractivity contribution in [1.29, 1.82) is 0 Å². The lowest BCUT2D eigenvalue weighted by Crippen LogP contribution is -2.51. The summed E-state index contributed by atoms with van der Waals surface area (Å²) in [6.45, 7) is 2.74. The zero-order valence-corrected chi connectivity index (χ0v) is 15.4. The molecule has 1 saturated carbocycles. The molecular formula is C17H21BrN2O2S. The molecule has 23 heavy (non-hydrogen) atoms. The highest BCUT2D eigenvalue weighted by Gasteiger charge is 2.35. The Morgan fingerprint density at radius 2 is 1.65 bits per heavy atom. The first kappa shape index (κ1) is 16.8.